The maximum atomic E-state index is 4.49. The molecule has 146 valence electrons. The number of guanidine groups is 1. The van der Waals surface area contributed by atoms with Gasteiger partial charge in [-0.1, -0.05) is 24.3 Å². The highest BCUT2D eigenvalue weighted by Gasteiger charge is 2.29. The molecule has 0 aliphatic carbocycles. The average molecular weight is 386 g/mol. The van der Waals surface area contributed by atoms with E-state index in [-0.39, 0.29) is 5.54 Å². The number of rotatable bonds is 5. The molecule has 1 aromatic carbocycles. The molecule has 3 rings (SSSR count). The molecular formula is C21H31N5S. The van der Waals surface area contributed by atoms with Gasteiger partial charge in [0.15, 0.2) is 5.96 Å². The third-order valence-electron chi connectivity index (χ3n) is 5.31. The number of aliphatic imine (C=N–C) groups is 1. The van der Waals surface area contributed by atoms with Gasteiger partial charge in [-0.25, -0.2) is 4.98 Å². The number of thiazole rings is 1. The van der Waals surface area contributed by atoms with E-state index in [0.717, 1.165) is 49.3 Å². The Balaban J connectivity index is 1.55. The van der Waals surface area contributed by atoms with Crippen LogP contribution in [0.4, 0.5) is 0 Å². The molecule has 0 unspecified atom stereocenters. The van der Waals surface area contributed by atoms with Crippen molar-refractivity contribution < 1.29 is 0 Å². The summed E-state index contributed by atoms with van der Waals surface area (Å²) in [5.41, 5.74) is 4.09. The lowest BCUT2D eigenvalue weighted by atomic mass is 9.94. The molecule has 2 aromatic rings. The van der Waals surface area contributed by atoms with Crippen molar-refractivity contribution >= 4 is 17.3 Å². The summed E-state index contributed by atoms with van der Waals surface area (Å²) in [6.45, 7) is 12.4. The number of nitrogens with one attached hydrogen (secondary N) is 2. The highest BCUT2D eigenvalue weighted by molar-refractivity contribution is 7.11. The van der Waals surface area contributed by atoms with Gasteiger partial charge in [-0.2, -0.15) is 0 Å². The van der Waals surface area contributed by atoms with Crippen LogP contribution < -0.4 is 10.6 Å². The lowest BCUT2D eigenvalue weighted by molar-refractivity contribution is 0.107. The Morgan fingerprint density at radius 2 is 1.96 bits per heavy atom. The van der Waals surface area contributed by atoms with Crippen molar-refractivity contribution in [2.75, 3.05) is 20.1 Å². The maximum Gasteiger partial charge on any atom is 0.191 e. The minimum atomic E-state index is 0.0438. The fraction of sp³-hybridized carbons (Fsp3) is 0.524. The second-order valence-corrected chi connectivity index (χ2v) is 9.06. The second kappa shape index (κ2) is 8.40. The van der Waals surface area contributed by atoms with Gasteiger partial charge in [0.1, 0.15) is 0 Å². The fourth-order valence-electron chi connectivity index (χ4n) is 3.55. The van der Waals surface area contributed by atoms with Crippen LogP contribution in [0.2, 0.25) is 0 Å². The number of benzene rings is 1. The highest BCUT2D eigenvalue weighted by atomic mass is 32.1. The molecule has 1 aromatic heterocycles. The van der Waals surface area contributed by atoms with E-state index in [4.69, 9.17) is 0 Å². The second-order valence-electron chi connectivity index (χ2n) is 7.77. The van der Waals surface area contributed by atoms with E-state index < -0.39 is 0 Å². The Hall–Kier alpha value is -1.92. The Bertz CT molecular complexity index is 809. The van der Waals surface area contributed by atoms with Crippen LogP contribution >= 0.6 is 11.3 Å². The number of aromatic nitrogens is 1. The third kappa shape index (κ3) is 4.87. The molecular weight excluding hydrogens is 354 g/mol. The van der Waals surface area contributed by atoms with Gasteiger partial charge in [0, 0.05) is 37.1 Å². The maximum absolute atomic E-state index is 4.49. The zero-order valence-electron chi connectivity index (χ0n) is 17.1. The van der Waals surface area contributed by atoms with E-state index in [9.17, 15) is 0 Å². The molecule has 0 amide bonds. The van der Waals surface area contributed by atoms with Crippen LogP contribution in [0.15, 0.2) is 29.3 Å². The summed E-state index contributed by atoms with van der Waals surface area (Å²) in [6.07, 6.45) is 1.12. The molecule has 0 atom stereocenters. The molecule has 2 heterocycles. The van der Waals surface area contributed by atoms with Crippen molar-refractivity contribution in [3.05, 3.63) is 51.0 Å². The van der Waals surface area contributed by atoms with Crippen molar-refractivity contribution in [3.63, 3.8) is 0 Å². The molecule has 0 saturated heterocycles. The lowest BCUT2D eigenvalue weighted by Gasteiger charge is -2.42. The van der Waals surface area contributed by atoms with Crippen LogP contribution in [0, 0.1) is 13.8 Å². The van der Waals surface area contributed by atoms with Gasteiger partial charge in [-0.05, 0) is 45.2 Å². The van der Waals surface area contributed by atoms with Gasteiger partial charge >= 0.3 is 0 Å². The summed E-state index contributed by atoms with van der Waals surface area (Å²) in [7, 11) is 1.82. The summed E-state index contributed by atoms with van der Waals surface area (Å²) in [5, 5.41) is 8.04. The SMILES string of the molecule is CN=C(NCc1sc(C)nc1C)NCC(C)(C)N1CCc2ccccc2C1. The van der Waals surface area contributed by atoms with Crippen LogP contribution in [0.1, 0.15) is 40.6 Å². The van der Waals surface area contributed by atoms with Gasteiger partial charge in [0.25, 0.3) is 0 Å². The van der Waals surface area contributed by atoms with Crippen LogP contribution in [-0.2, 0) is 19.5 Å². The highest BCUT2D eigenvalue weighted by Crippen LogP contribution is 2.25. The predicted octanol–water partition coefficient (Wildman–Crippen LogP) is 3.26. The number of hydrogen-bond donors (Lipinski definition) is 2. The van der Waals surface area contributed by atoms with E-state index in [1.165, 1.54) is 16.0 Å². The summed E-state index contributed by atoms with van der Waals surface area (Å²) >= 11 is 1.74. The molecule has 5 nitrogen and oxygen atoms in total. The van der Waals surface area contributed by atoms with Gasteiger partial charge in [0.2, 0.25) is 0 Å². The Labute approximate surface area is 166 Å². The molecule has 0 fully saturated rings. The quantitative estimate of drug-likeness (QED) is 0.613. The number of fused-ring (bicyclic) bond motifs is 1. The topological polar surface area (TPSA) is 52.6 Å². The van der Waals surface area contributed by atoms with E-state index in [0.29, 0.717) is 0 Å². The first-order valence-electron chi connectivity index (χ1n) is 9.58. The zero-order chi connectivity index (χ0) is 19.4. The Morgan fingerprint density at radius 3 is 2.63 bits per heavy atom. The Kier molecular flexibility index (Phi) is 6.17. The van der Waals surface area contributed by atoms with Crippen molar-refractivity contribution in [1.29, 1.82) is 0 Å². The van der Waals surface area contributed by atoms with Crippen LogP contribution in [-0.4, -0.2) is 41.5 Å². The number of nitrogens with zero attached hydrogens (tertiary/aromatic N) is 3. The first kappa shape index (κ1) is 19.8. The van der Waals surface area contributed by atoms with Crippen LogP contribution in [0.3, 0.4) is 0 Å². The predicted molar refractivity (Wildman–Crippen MR) is 114 cm³/mol. The molecule has 2 N–H and O–H groups in total. The van der Waals surface area contributed by atoms with Crippen molar-refractivity contribution in [2.24, 2.45) is 4.99 Å². The van der Waals surface area contributed by atoms with E-state index in [1.807, 2.05) is 14.0 Å². The molecule has 1 aliphatic rings. The normalized spacial score (nSPS) is 15.5. The standard InChI is InChI=1S/C21H31N5S/c1-15-19(27-16(2)25-15)12-23-20(22-5)24-14-21(3,4)26-11-10-17-8-6-7-9-18(17)13-26/h6-9H,10-14H2,1-5H3,(H2,22,23,24). The van der Waals surface area contributed by atoms with E-state index >= 15 is 0 Å². The van der Waals surface area contributed by atoms with Crippen molar-refractivity contribution in [3.8, 4) is 0 Å². The summed E-state index contributed by atoms with van der Waals surface area (Å²) < 4.78 is 0. The average Bonchev–Trinajstić information content (AvgIpc) is 2.98. The molecule has 1 aliphatic heterocycles. The van der Waals surface area contributed by atoms with Gasteiger partial charge < -0.3 is 10.6 Å². The van der Waals surface area contributed by atoms with Crippen molar-refractivity contribution in [1.82, 2.24) is 20.5 Å². The smallest absolute Gasteiger partial charge is 0.191 e. The van der Waals surface area contributed by atoms with E-state index in [1.54, 1.807) is 11.3 Å². The molecule has 0 saturated carbocycles. The van der Waals surface area contributed by atoms with Gasteiger partial charge in [-0.3, -0.25) is 9.89 Å². The van der Waals surface area contributed by atoms with Crippen molar-refractivity contribution in [2.45, 2.75) is 52.7 Å². The van der Waals surface area contributed by atoms with Crippen LogP contribution in [0.25, 0.3) is 0 Å². The Morgan fingerprint density at radius 1 is 1.22 bits per heavy atom. The summed E-state index contributed by atoms with van der Waals surface area (Å²) in [6, 6.07) is 8.79. The largest absolute Gasteiger partial charge is 0.355 e. The molecule has 6 heteroatoms. The monoisotopic (exact) mass is 385 g/mol. The first-order chi connectivity index (χ1) is 12.9. The molecule has 0 bridgehead atoms. The molecule has 0 spiro atoms. The molecule has 27 heavy (non-hydrogen) atoms. The lowest BCUT2D eigenvalue weighted by Crippen LogP contribution is -2.54. The number of aryl methyl sites for hydroxylation is 2. The number of hydrogen-bond acceptors (Lipinski definition) is 4. The van der Waals surface area contributed by atoms with Crippen LogP contribution in [0.5, 0.6) is 0 Å². The third-order valence-corrected chi connectivity index (χ3v) is 6.39. The minimum Gasteiger partial charge on any atom is -0.355 e. The van der Waals surface area contributed by atoms with Gasteiger partial charge in [0.05, 0.1) is 17.2 Å². The zero-order valence-corrected chi connectivity index (χ0v) is 17.9. The molecule has 0 radical (unpaired) electrons. The minimum absolute atomic E-state index is 0.0438. The summed E-state index contributed by atoms with van der Waals surface area (Å²) in [4.78, 5) is 12.7. The first-order valence-corrected chi connectivity index (χ1v) is 10.4. The fourth-order valence-corrected chi connectivity index (χ4v) is 4.42. The van der Waals surface area contributed by atoms with E-state index in [2.05, 4.69) is 70.5 Å². The summed E-state index contributed by atoms with van der Waals surface area (Å²) in [5.74, 6) is 0.839. The van der Waals surface area contributed by atoms with Gasteiger partial charge in [-0.15, -0.1) is 11.3 Å².